The maximum Gasteiger partial charge on any atom is 0.416 e. The highest BCUT2D eigenvalue weighted by Crippen LogP contribution is 2.42. The van der Waals surface area contributed by atoms with E-state index in [2.05, 4.69) is 5.32 Å². The van der Waals surface area contributed by atoms with Gasteiger partial charge in [-0.1, -0.05) is 59.6 Å². The fourth-order valence-electron chi connectivity index (χ4n) is 5.31. The Morgan fingerprint density at radius 2 is 1.25 bits per heavy atom. The van der Waals surface area contributed by atoms with Gasteiger partial charge in [-0.15, -0.1) is 0 Å². The van der Waals surface area contributed by atoms with E-state index in [9.17, 15) is 31.1 Å². The van der Waals surface area contributed by atoms with Crippen LogP contribution < -0.4 is 11.1 Å². The molecule has 1 heterocycles. The van der Waals surface area contributed by atoms with Crippen molar-refractivity contribution >= 4 is 29.1 Å². The number of aromatic nitrogens is 2. The standard InChI is InChI=1S/C37H32Cl2F6N4O3/c38-30-9-5-24(6-10-30)32-33(25-7-11-31(39)12-8-25)49(34(48-32)27-19-28(36(40,41)42)21-29(20-27)37(43,44)45)22-23-1-3-26(4-2-23)35(50)47-14-16-52-18-17-51-15-13-46/h1-12,19-21H,13-18,22,46H2,(H,47,50). The average Bonchev–Trinajstić information content (AvgIpc) is 3.48. The van der Waals surface area contributed by atoms with Gasteiger partial charge < -0.3 is 25.1 Å². The van der Waals surface area contributed by atoms with E-state index in [1.54, 1.807) is 77.4 Å². The molecule has 15 heteroatoms. The molecule has 4 aromatic carbocycles. The molecule has 0 saturated carbocycles. The molecule has 0 aliphatic carbocycles. The molecule has 3 N–H and O–H groups in total. The van der Waals surface area contributed by atoms with Crippen molar-refractivity contribution in [1.82, 2.24) is 14.9 Å². The summed E-state index contributed by atoms with van der Waals surface area (Å²) in [7, 11) is 0. The number of hydrogen-bond donors (Lipinski definition) is 2. The summed E-state index contributed by atoms with van der Waals surface area (Å²) in [6.45, 7) is 2.01. The monoisotopic (exact) mass is 764 g/mol. The molecular formula is C37H32Cl2F6N4O3. The fraction of sp³-hybridized carbons (Fsp3) is 0.243. The largest absolute Gasteiger partial charge is 0.416 e. The van der Waals surface area contributed by atoms with Crippen LogP contribution in [-0.2, 0) is 28.4 Å². The third-order valence-corrected chi connectivity index (χ3v) is 8.28. The van der Waals surface area contributed by atoms with Crippen LogP contribution in [0.1, 0.15) is 27.0 Å². The Labute approximate surface area is 305 Å². The van der Waals surface area contributed by atoms with Crippen LogP contribution in [-0.4, -0.2) is 55.0 Å². The predicted molar refractivity (Wildman–Crippen MR) is 187 cm³/mol. The van der Waals surface area contributed by atoms with Crippen molar-refractivity contribution in [3.05, 3.63) is 123 Å². The molecule has 7 nitrogen and oxygen atoms in total. The van der Waals surface area contributed by atoms with Crippen molar-refractivity contribution < 1.29 is 40.6 Å². The molecule has 0 radical (unpaired) electrons. The first-order valence-corrected chi connectivity index (χ1v) is 16.6. The number of alkyl halides is 6. The summed E-state index contributed by atoms with van der Waals surface area (Å²) in [6, 6.07) is 20.9. The molecule has 274 valence electrons. The van der Waals surface area contributed by atoms with Gasteiger partial charge in [0.1, 0.15) is 5.82 Å². The summed E-state index contributed by atoms with van der Waals surface area (Å²) in [5, 5.41) is 3.57. The highest BCUT2D eigenvalue weighted by molar-refractivity contribution is 6.31. The van der Waals surface area contributed by atoms with Crippen LogP contribution in [0.5, 0.6) is 0 Å². The van der Waals surface area contributed by atoms with Gasteiger partial charge in [-0.25, -0.2) is 4.98 Å². The minimum Gasteiger partial charge on any atom is -0.378 e. The zero-order chi connectivity index (χ0) is 37.5. The van der Waals surface area contributed by atoms with Crippen LogP contribution in [0.3, 0.4) is 0 Å². The van der Waals surface area contributed by atoms with Gasteiger partial charge in [0.25, 0.3) is 5.91 Å². The van der Waals surface area contributed by atoms with Gasteiger partial charge in [0.2, 0.25) is 0 Å². The molecule has 0 spiro atoms. The van der Waals surface area contributed by atoms with Crippen LogP contribution in [0, 0.1) is 0 Å². The Kier molecular flexibility index (Phi) is 12.7. The molecule has 0 atom stereocenters. The van der Waals surface area contributed by atoms with E-state index in [1.165, 1.54) is 0 Å². The molecule has 1 amide bonds. The number of halogens is 8. The summed E-state index contributed by atoms with van der Waals surface area (Å²) < 4.78 is 96.2. The average molecular weight is 766 g/mol. The lowest BCUT2D eigenvalue weighted by Crippen LogP contribution is -2.27. The highest BCUT2D eigenvalue weighted by atomic mass is 35.5. The van der Waals surface area contributed by atoms with Crippen molar-refractivity contribution in [2.45, 2.75) is 18.9 Å². The number of benzene rings is 4. The molecule has 0 aliphatic heterocycles. The molecule has 0 unspecified atom stereocenters. The topological polar surface area (TPSA) is 91.4 Å². The van der Waals surface area contributed by atoms with E-state index in [-0.39, 0.29) is 43.2 Å². The number of carbonyl (C=O) groups excluding carboxylic acids is 1. The quantitative estimate of drug-likeness (QED) is 0.0871. The van der Waals surface area contributed by atoms with Crippen LogP contribution >= 0.6 is 23.2 Å². The molecule has 0 fully saturated rings. The normalized spacial score (nSPS) is 11.9. The summed E-state index contributed by atoms with van der Waals surface area (Å²) in [5.74, 6) is -0.518. The number of nitrogens with one attached hydrogen (secondary N) is 1. The van der Waals surface area contributed by atoms with Crippen LogP contribution in [0.4, 0.5) is 26.3 Å². The lowest BCUT2D eigenvalue weighted by atomic mass is 10.0. The molecule has 0 saturated heterocycles. The number of amides is 1. The number of nitrogens with zero attached hydrogens (tertiary/aromatic N) is 2. The van der Waals surface area contributed by atoms with Gasteiger partial charge in [0.15, 0.2) is 0 Å². The van der Waals surface area contributed by atoms with E-state index in [0.29, 0.717) is 76.5 Å². The highest BCUT2D eigenvalue weighted by Gasteiger charge is 2.38. The summed E-state index contributed by atoms with van der Waals surface area (Å²) in [4.78, 5) is 17.5. The maximum absolute atomic E-state index is 14.0. The summed E-state index contributed by atoms with van der Waals surface area (Å²) in [6.07, 6.45) is -10.2. The van der Waals surface area contributed by atoms with Gasteiger partial charge in [0.05, 0.1) is 48.9 Å². The second-order valence-electron chi connectivity index (χ2n) is 11.5. The van der Waals surface area contributed by atoms with Crippen LogP contribution in [0.25, 0.3) is 33.9 Å². The van der Waals surface area contributed by atoms with E-state index < -0.39 is 29.0 Å². The van der Waals surface area contributed by atoms with Gasteiger partial charge in [-0.3, -0.25) is 4.79 Å². The first-order valence-electron chi connectivity index (χ1n) is 15.9. The second-order valence-corrected chi connectivity index (χ2v) is 12.4. The molecule has 52 heavy (non-hydrogen) atoms. The van der Waals surface area contributed by atoms with Gasteiger partial charge in [0, 0.05) is 51.9 Å². The number of hydrogen-bond acceptors (Lipinski definition) is 5. The number of imidazole rings is 1. The second kappa shape index (κ2) is 17.0. The Balaban J connectivity index is 1.56. The predicted octanol–water partition coefficient (Wildman–Crippen LogP) is 9.00. The number of rotatable bonds is 14. The number of carbonyl (C=O) groups is 1. The molecule has 5 aromatic rings. The zero-order valence-electron chi connectivity index (χ0n) is 27.3. The van der Waals surface area contributed by atoms with E-state index in [4.69, 9.17) is 43.4 Å². The van der Waals surface area contributed by atoms with Crippen molar-refractivity contribution in [3.8, 4) is 33.9 Å². The van der Waals surface area contributed by atoms with E-state index >= 15 is 0 Å². The van der Waals surface area contributed by atoms with E-state index in [1.807, 2.05) is 0 Å². The lowest BCUT2D eigenvalue weighted by molar-refractivity contribution is -0.143. The van der Waals surface area contributed by atoms with Gasteiger partial charge >= 0.3 is 12.4 Å². The molecule has 5 rings (SSSR count). The SMILES string of the molecule is NCCOCCOCCNC(=O)c1ccc(Cn2c(-c3cc(C(F)(F)F)cc(C(F)(F)F)c3)nc(-c3ccc(Cl)cc3)c2-c2ccc(Cl)cc2)cc1. The summed E-state index contributed by atoms with van der Waals surface area (Å²) >= 11 is 12.3. The molecular weight excluding hydrogens is 733 g/mol. The lowest BCUT2D eigenvalue weighted by Gasteiger charge is -2.17. The smallest absolute Gasteiger partial charge is 0.378 e. The Hall–Kier alpha value is -4.40. The summed E-state index contributed by atoms with van der Waals surface area (Å²) in [5.41, 5.74) is 4.65. The maximum atomic E-state index is 14.0. The Morgan fingerprint density at radius 1 is 0.712 bits per heavy atom. The van der Waals surface area contributed by atoms with Crippen molar-refractivity contribution in [2.24, 2.45) is 5.73 Å². The van der Waals surface area contributed by atoms with Gasteiger partial charge in [-0.05, 0) is 60.2 Å². The number of ether oxygens (including phenoxy) is 2. The molecule has 0 aliphatic rings. The van der Waals surface area contributed by atoms with Gasteiger partial charge in [-0.2, -0.15) is 26.3 Å². The first-order chi connectivity index (χ1) is 24.7. The zero-order valence-corrected chi connectivity index (χ0v) is 28.8. The molecule has 1 aromatic heterocycles. The minimum atomic E-state index is -5.08. The number of nitrogens with two attached hydrogens (primary N) is 1. The third kappa shape index (κ3) is 9.92. The Bertz CT molecular complexity index is 1930. The van der Waals surface area contributed by atoms with E-state index in [0.717, 1.165) is 0 Å². The minimum absolute atomic E-state index is 0.0482. The fourth-order valence-corrected chi connectivity index (χ4v) is 5.56. The van der Waals surface area contributed by atoms with Crippen LogP contribution in [0.15, 0.2) is 91.0 Å². The van der Waals surface area contributed by atoms with Crippen molar-refractivity contribution in [3.63, 3.8) is 0 Å². The molecule has 0 bridgehead atoms. The third-order valence-electron chi connectivity index (χ3n) is 7.77. The van der Waals surface area contributed by atoms with Crippen molar-refractivity contribution in [2.75, 3.05) is 39.5 Å². The van der Waals surface area contributed by atoms with Crippen molar-refractivity contribution in [1.29, 1.82) is 0 Å². The van der Waals surface area contributed by atoms with Crippen LogP contribution in [0.2, 0.25) is 10.0 Å². The Morgan fingerprint density at radius 3 is 1.79 bits per heavy atom. The first kappa shape index (κ1) is 38.8.